The zero-order chi connectivity index (χ0) is 21.6. The van der Waals surface area contributed by atoms with Crippen molar-refractivity contribution in [3.8, 4) is 22.4 Å². The molecule has 1 aliphatic carbocycles. The number of rotatable bonds is 4. The first-order chi connectivity index (χ1) is 14.2. The third-order valence-corrected chi connectivity index (χ3v) is 8.86. The van der Waals surface area contributed by atoms with Gasteiger partial charge >= 0.3 is 0 Å². The van der Waals surface area contributed by atoms with Crippen molar-refractivity contribution < 1.29 is 0 Å². The lowest BCUT2D eigenvalue weighted by atomic mass is 9.44. The molecule has 2 aromatic carbocycles. The number of benzene rings is 2. The van der Waals surface area contributed by atoms with Gasteiger partial charge in [-0.1, -0.05) is 89.2 Å². The Hall–Kier alpha value is -2.35. The lowest BCUT2D eigenvalue weighted by Crippen LogP contribution is -2.49. The molecule has 30 heavy (non-hydrogen) atoms. The van der Waals surface area contributed by atoms with E-state index in [2.05, 4.69) is 108 Å². The van der Waals surface area contributed by atoms with E-state index in [-0.39, 0.29) is 10.7 Å². The predicted octanol–water partition coefficient (Wildman–Crippen LogP) is 6.73. The number of aromatic nitrogens is 1. The summed E-state index contributed by atoms with van der Waals surface area (Å²) < 4.78 is 0. The van der Waals surface area contributed by atoms with Gasteiger partial charge in [0, 0.05) is 11.8 Å². The van der Waals surface area contributed by atoms with Gasteiger partial charge in [0.05, 0.1) is 5.69 Å². The van der Waals surface area contributed by atoms with Crippen LogP contribution in [0, 0.1) is 16.7 Å². The molecule has 3 aromatic rings. The quantitative estimate of drug-likeness (QED) is 0.447. The highest BCUT2D eigenvalue weighted by Crippen LogP contribution is 2.63. The molecule has 1 aliphatic rings. The maximum atomic E-state index is 4.61. The highest BCUT2D eigenvalue weighted by Gasteiger charge is 2.57. The Balaban J connectivity index is 1.74. The monoisotopic (exact) mass is 395 g/mol. The Morgan fingerprint density at radius 2 is 1.57 bits per heavy atom. The fourth-order valence-electron chi connectivity index (χ4n) is 5.63. The van der Waals surface area contributed by atoms with Crippen LogP contribution in [0.2, 0.25) is 0 Å². The molecule has 154 valence electrons. The van der Waals surface area contributed by atoms with E-state index < -0.39 is 0 Å². The van der Waals surface area contributed by atoms with Crippen LogP contribution in [0.3, 0.4) is 0 Å². The summed E-state index contributed by atoms with van der Waals surface area (Å²) in [4.78, 5) is 4.61. The number of pyridine rings is 1. The predicted molar refractivity (Wildman–Crippen MR) is 131 cm³/mol. The van der Waals surface area contributed by atoms with Gasteiger partial charge in [0.2, 0.25) is 0 Å². The van der Waals surface area contributed by atoms with Gasteiger partial charge < -0.3 is 0 Å². The highest BCUT2D eigenvalue weighted by molar-refractivity contribution is 6.16. The van der Waals surface area contributed by atoms with Crippen LogP contribution < -0.4 is 0 Å². The Morgan fingerprint density at radius 1 is 0.900 bits per heavy atom. The van der Waals surface area contributed by atoms with E-state index in [4.69, 9.17) is 0 Å². The average molecular weight is 395 g/mol. The lowest BCUT2D eigenvalue weighted by Gasteiger charge is -2.52. The molecule has 2 heteroatoms. The smallest absolute Gasteiger partial charge is 0.115 e. The van der Waals surface area contributed by atoms with E-state index in [9.17, 15) is 0 Å². The molecule has 0 amide bonds. The van der Waals surface area contributed by atoms with E-state index >= 15 is 0 Å². The molecule has 4 rings (SSSR count). The SMILES string of the molecule is BC(C)(c1cccc(-c2ccnc(-c3ccccc3)c2)c1)C1(C)CCC(C)C1(C)C. The molecule has 0 radical (unpaired) electrons. The second-order valence-electron chi connectivity index (χ2n) is 10.5. The standard InChI is InChI=1S/C28H34BN/c1-20-14-16-27(4,26(20,2)3)28(5,29)24-13-9-12-22(18-24)23-15-17-30-25(19-23)21-10-7-6-8-11-21/h6-13,15,17-20H,14,16,29H2,1-5H3. The molecule has 3 atom stereocenters. The summed E-state index contributed by atoms with van der Waals surface area (Å²) in [5.74, 6) is 0.749. The van der Waals surface area contributed by atoms with E-state index in [0.29, 0.717) is 5.41 Å². The normalized spacial score (nSPS) is 25.0. The largest absolute Gasteiger partial charge is 0.256 e. The molecule has 0 saturated heterocycles. The molecule has 0 bridgehead atoms. The summed E-state index contributed by atoms with van der Waals surface area (Å²) in [6.45, 7) is 12.4. The van der Waals surface area contributed by atoms with Gasteiger partial charge in [-0.2, -0.15) is 0 Å². The Bertz CT molecular complexity index is 1040. The van der Waals surface area contributed by atoms with Crippen molar-refractivity contribution in [2.75, 3.05) is 0 Å². The molecule has 1 saturated carbocycles. The van der Waals surface area contributed by atoms with E-state index in [1.807, 2.05) is 12.3 Å². The number of hydrogen-bond acceptors (Lipinski definition) is 1. The van der Waals surface area contributed by atoms with Crippen molar-refractivity contribution in [3.63, 3.8) is 0 Å². The lowest BCUT2D eigenvalue weighted by molar-refractivity contribution is 0.0520. The van der Waals surface area contributed by atoms with Crippen LogP contribution in [0.15, 0.2) is 72.9 Å². The van der Waals surface area contributed by atoms with Crippen LogP contribution in [0.25, 0.3) is 22.4 Å². The van der Waals surface area contributed by atoms with Gasteiger partial charge in [-0.25, -0.2) is 0 Å². The minimum absolute atomic E-state index is 0.0898. The Morgan fingerprint density at radius 3 is 2.23 bits per heavy atom. The van der Waals surface area contributed by atoms with Crippen LogP contribution in [-0.4, -0.2) is 12.8 Å². The first kappa shape index (κ1) is 20.9. The van der Waals surface area contributed by atoms with Gasteiger partial charge in [0.15, 0.2) is 0 Å². The summed E-state index contributed by atoms with van der Waals surface area (Å²) in [7, 11) is 2.45. The summed E-state index contributed by atoms with van der Waals surface area (Å²) in [5, 5.41) is 0.0898. The minimum atomic E-state index is 0.0898. The van der Waals surface area contributed by atoms with Gasteiger partial charge in [0.25, 0.3) is 0 Å². The molecule has 0 aliphatic heterocycles. The van der Waals surface area contributed by atoms with Crippen LogP contribution in [0.5, 0.6) is 0 Å². The molecule has 3 unspecified atom stereocenters. The third-order valence-electron chi connectivity index (χ3n) is 8.86. The number of hydrogen-bond donors (Lipinski definition) is 0. The topological polar surface area (TPSA) is 12.9 Å². The fraction of sp³-hybridized carbons (Fsp3) is 0.393. The summed E-state index contributed by atoms with van der Waals surface area (Å²) in [5.41, 5.74) is 6.68. The molecular weight excluding hydrogens is 361 g/mol. The zero-order valence-corrected chi connectivity index (χ0v) is 19.4. The Kier molecular flexibility index (Phi) is 5.17. The van der Waals surface area contributed by atoms with Gasteiger partial charge in [0.1, 0.15) is 7.85 Å². The number of nitrogens with zero attached hydrogens (tertiary/aromatic N) is 1. The summed E-state index contributed by atoms with van der Waals surface area (Å²) in [6.07, 6.45) is 4.53. The van der Waals surface area contributed by atoms with Crippen molar-refractivity contribution in [2.24, 2.45) is 16.7 Å². The Labute approximate surface area is 183 Å². The fourth-order valence-corrected chi connectivity index (χ4v) is 5.63. The molecule has 0 N–H and O–H groups in total. The van der Waals surface area contributed by atoms with E-state index in [1.54, 1.807) is 0 Å². The van der Waals surface area contributed by atoms with Crippen molar-refractivity contribution in [3.05, 3.63) is 78.5 Å². The second-order valence-corrected chi connectivity index (χ2v) is 10.5. The van der Waals surface area contributed by atoms with E-state index in [0.717, 1.165) is 17.2 Å². The molecule has 1 heterocycles. The van der Waals surface area contributed by atoms with Crippen molar-refractivity contribution in [1.82, 2.24) is 4.98 Å². The molecule has 0 spiro atoms. The maximum Gasteiger partial charge on any atom is 0.115 e. The van der Waals surface area contributed by atoms with Crippen LogP contribution in [0.4, 0.5) is 0 Å². The third kappa shape index (κ3) is 3.21. The van der Waals surface area contributed by atoms with Gasteiger partial charge in [-0.15, -0.1) is 0 Å². The van der Waals surface area contributed by atoms with E-state index in [1.165, 1.54) is 29.5 Å². The van der Waals surface area contributed by atoms with Gasteiger partial charge in [-0.05, 0) is 63.7 Å². The second kappa shape index (κ2) is 7.41. The summed E-state index contributed by atoms with van der Waals surface area (Å²) in [6, 6.07) is 24.0. The summed E-state index contributed by atoms with van der Waals surface area (Å²) >= 11 is 0. The van der Waals surface area contributed by atoms with Crippen LogP contribution in [-0.2, 0) is 5.31 Å². The maximum absolute atomic E-state index is 4.61. The zero-order valence-electron chi connectivity index (χ0n) is 19.4. The van der Waals surface area contributed by atoms with Crippen molar-refractivity contribution >= 4 is 7.85 Å². The van der Waals surface area contributed by atoms with Crippen LogP contribution in [0.1, 0.15) is 53.0 Å². The minimum Gasteiger partial charge on any atom is -0.256 e. The average Bonchev–Trinajstić information content (AvgIpc) is 2.98. The highest BCUT2D eigenvalue weighted by atomic mass is 14.7. The molecule has 1 nitrogen and oxygen atoms in total. The first-order valence-electron chi connectivity index (χ1n) is 11.3. The van der Waals surface area contributed by atoms with Gasteiger partial charge in [-0.3, -0.25) is 4.98 Å². The van der Waals surface area contributed by atoms with Crippen molar-refractivity contribution in [1.29, 1.82) is 0 Å². The molecular formula is C28H34BN. The molecule has 1 fully saturated rings. The van der Waals surface area contributed by atoms with Crippen molar-refractivity contribution in [2.45, 2.75) is 52.8 Å². The molecule has 1 aromatic heterocycles. The first-order valence-corrected chi connectivity index (χ1v) is 11.3. The van der Waals surface area contributed by atoms with Crippen LogP contribution >= 0.6 is 0 Å².